The summed E-state index contributed by atoms with van der Waals surface area (Å²) in [5, 5.41) is 3.88. The highest BCUT2D eigenvalue weighted by molar-refractivity contribution is 6.35. The second-order valence-electron chi connectivity index (χ2n) is 5.83. The molecule has 0 saturated carbocycles. The minimum Gasteiger partial charge on any atom is -0.468 e. The van der Waals surface area contributed by atoms with Gasteiger partial charge in [0.15, 0.2) is 4.87 Å². The van der Waals surface area contributed by atoms with Gasteiger partial charge in [0.25, 0.3) is 0 Å². The summed E-state index contributed by atoms with van der Waals surface area (Å²) >= 11 is 6.85. The van der Waals surface area contributed by atoms with Crippen molar-refractivity contribution in [2.75, 3.05) is 18.7 Å². The van der Waals surface area contributed by atoms with E-state index in [0.717, 1.165) is 16.9 Å². The molecule has 1 aromatic carbocycles. The Morgan fingerprint density at radius 2 is 2.08 bits per heavy atom. The molecule has 2 aliphatic rings. The van der Waals surface area contributed by atoms with Crippen molar-refractivity contribution in [2.24, 2.45) is 0 Å². The topological polar surface area (TPSA) is 45.7 Å². The number of ether oxygens (including phenoxy) is 1. The Kier molecular flexibility index (Phi) is 3.46. The molecular weight excluding hydrogens is 326 g/mol. The smallest absolute Gasteiger partial charge is 0.331 e. The van der Waals surface area contributed by atoms with Gasteiger partial charge in [-0.15, -0.1) is 11.6 Å². The lowest BCUT2D eigenvalue weighted by Gasteiger charge is -2.36. The standard InChI is InChI=1S/C18H16ClN3O2/c1-24-17(23)18(19)12-22(15-8-4-5-10-20-15)21-11-9-13-6-2-3-7-14(13)16(18)21/h2-11,16H,12H2,1H3/t16-,18+/m1/s1. The van der Waals surface area contributed by atoms with Crippen molar-refractivity contribution < 1.29 is 9.53 Å². The highest BCUT2D eigenvalue weighted by Crippen LogP contribution is 2.49. The van der Waals surface area contributed by atoms with Crippen molar-refractivity contribution in [3.63, 3.8) is 0 Å². The van der Waals surface area contributed by atoms with E-state index in [-0.39, 0.29) is 12.6 Å². The zero-order valence-electron chi connectivity index (χ0n) is 13.1. The molecule has 2 aliphatic heterocycles. The van der Waals surface area contributed by atoms with Crippen molar-refractivity contribution in [3.8, 4) is 0 Å². The predicted octanol–water partition coefficient (Wildman–Crippen LogP) is 2.99. The monoisotopic (exact) mass is 341 g/mol. The van der Waals surface area contributed by atoms with Crippen molar-refractivity contribution in [3.05, 3.63) is 66.0 Å². The molecule has 1 fully saturated rings. The molecule has 3 heterocycles. The lowest BCUT2D eigenvalue weighted by Crippen LogP contribution is -2.42. The normalized spacial score (nSPS) is 24.5. The van der Waals surface area contributed by atoms with Crippen LogP contribution in [-0.4, -0.2) is 34.5 Å². The van der Waals surface area contributed by atoms with Gasteiger partial charge in [-0.3, -0.25) is 10.0 Å². The number of hydrazine groups is 1. The number of esters is 1. The second-order valence-corrected chi connectivity index (χ2v) is 6.50. The number of rotatable bonds is 2. The molecule has 0 bridgehead atoms. The molecule has 0 aliphatic carbocycles. The molecule has 122 valence electrons. The molecule has 2 aromatic rings. The van der Waals surface area contributed by atoms with Crippen LogP contribution < -0.4 is 5.01 Å². The maximum Gasteiger partial charge on any atom is 0.331 e. The van der Waals surface area contributed by atoms with Gasteiger partial charge in [0, 0.05) is 12.4 Å². The van der Waals surface area contributed by atoms with Crippen LogP contribution in [0, 0.1) is 0 Å². The van der Waals surface area contributed by atoms with E-state index >= 15 is 0 Å². The van der Waals surface area contributed by atoms with Crippen LogP contribution in [0.1, 0.15) is 17.2 Å². The number of alkyl halides is 1. The maximum absolute atomic E-state index is 12.5. The van der Waals surface area contributed by atoms with Crippen LogP contribution in [0.15, 0.2) is 54.9 Å². The number of nitrogens with zero attached hydrogens (tertiary/aromatic N) is 3. The largest absolute Gasteiger partial charge is 0.468 e. The summed E-state index contributed by atoms with van der Waals surface area (Å²) in [6, 6.07) is 13.2. The van der Waals surface area contributed by atoms with Crippen LogP contribution in [0.25, 0.3) is 6.08 Å². The number of hydrogen-bond donors (Lipinski definition) is 0. The molecule has 1 saturated heterocycles. The van der Waals surface area contributed by atoms with E-state index in [2.05, 4.69) is 4.98 Å². The SMILES string of the molecule is COC(=O)[C@]1(Cl)CN(c2ccccn2)N2C=Cc3ccccc3[C@@H]21. The number of pyridine rings is 1. The van der Waals surface area contributed by atoms with Crippen molar-refractivity contribution in [2.45, 2.75) is 10.9 Å². The van der Waals surface area contributed by atoms with E-state index in [1.54, 1.807) is 6.20 Å². The van der Waals surface area contributed by atoms with Gasteiger partial charge < -0.3 is 4.74 Å². The third kappa shape index (κ3) is 2.08. The van der Waals surface area contributed by atoms with Crippen LogP contribution in [-0.2, 0) is 9.53 Å². The van der Waals surface area contributed by atoms with Gasteiger partial charge in [0.1, 0.15) is 11.9 Å². The average Bonchev–Trinajstić information content (AvgIpc) is 2.96. The number of anilines is 1. The van der Waals surface area contributed by atoms with Crippen LogP contribution >= 0.6 is 11.6 Å². The lowest BCUT2D eigenvalue weighted by atomic mass is 9.88. The van der Waals surface area contributed by atoms with Crippen LogP contribution in [0.3, 0.4) is 0 Å². The number of carbonyl (C=O) groups excluding carboxylic acids is 1. The van der Waals surface area contributed by atoms with Gasteiger partial charge >= 0.3 is 5.97 Å². The molecule has 0 radical (unpaired) electrons. The van der Waals surface area contributed by atoms with Crippen LogP contribution in [0.2, 0.25) is 0 Å². The quantitative estimate of drug-likeness (QED) is 0.620. The molecule has 6 heteroatoms. The first-order valence-corrected chi connectivity index (χ1v) is 8.04. The molecule has 0 unspecified atom stereocenters. The van der Waals surface area contributed by atoms with Crippen molar-refractivity contribution in [1.82, 2.24) is 9.99 Å². The number of benzene rings is 1. The Bertz CT molecular complexity index is 811. The molecular formula is C18H16ClN3O2. The van der Waals surface area contributed by atoms with Gasteiger partial charge in [-0.1, -0.05) is 30.3 Å². The fourth-order valence-corrected chi connectivity index (χ4v) is 3.82. The van der Waals surface area contributed by atoms with Crippen LogP contribution in [0.4, 0.5) is 5.82 Å². The number of carbonyl (C=O) groups is 1. The van der Waals surface area contributed by atoms with E-state index in [1.165, 1.54) is 7.11 Å². The van der Waals surface area contributed by atoms with Gasteiger partial charge in [-0.2, -0.15) is 0 Å². The molecule has 5 nitrogen and oxygen atoms in total. The predicted molar refractivity (Wildman–Crippen MR) is 92.2 cm³/mol. The second kappa shape index (κ2) is 5.53. The Balaban J connectivity index is 1.86. The maximum atomic E-state index is 12.5. The zero-order chi connectivity index (χ0) is 16.7. The first kappa shape index (κ1) is 15.0. The number of fused-ring (bicyclic) bond motifs is 3. The summed E-state index contributed by atoms with van der Waals surface area (Å²) in [6.45, 7) is 0.279. The first-order chi connectivity index (χ1) is 11.6. The summed E-state index contributed by atoms with van der Waals surface area (Å²) in [5.74, 6) is 0.292. The fraction of sp³-hybridized carbons (Fsp3) is 0.222. The van der Waals surface area contributed by atoms with E-state index in [0.29, 0.717) is 0 Å². The Labute approximate surface area is 145 Å². The van der Waals surface area contributed by atoms with Gasteiger partial charge in [-0.25, -0.2) is 9.78 Å². The number of halogens is 1. The zero-order valence-corrected chi connectivity index (χ0v) is 13.8. The first-order valence-electron chi connectivity index (χ1n) is 7.66. The lowest BCUT2D eigenvalue weighted by molar-refractivity contribution is -0.144. The molecule has 0 amide bonds. The molecule has 2 atom stereocenters. The van der Waals surface area contributed by atoms with E-state index in [4.69, 9.17) is 16.3 Å². The van der Waals surface area contributed by atoms with Gasteiger partial charge in [-0.05, 0) is 29.3 Å². The fourth-order valence-electron chi connectivity index (χ4n) is 3.41. The Morgan fingerprint density at radius 3 is 2.83 bits per heavy atom. The third-order valence-electron chi connectivity index (χ3n) is 4.49. The Hall–Kier alpha value is -2.53. The van der Waals surface area contributed by atoms with Gasteiger partial charge in [0.2, 0.25) is 0 Å². The average molecular weight is 342 g/mol. The summed E-state index contributed by atoms with van der Waals surface area (Å²) < 4.78 is 5.02. The summed E-state index contributed by atoms with van der Waals surface area (Å²) in [6.07, 6.45) is 5.68. The number of aromatic nitrogens is 1. The number of hydrogen-bond acceptors (Lipinski definition) is 5. The van der Waals surface area contributed by atoms with E-state index in [9.17, 15) is 4.79 Å². The minimum absolute atomic E-state index is 0.279. The molecule has 24 heavy (non-hydrogen) atoms. The van der Waals surface area contributed by atoms with E-state index < -0.39 is 10.8 Å². The highest BCUT2D eigenvalue weighted by atomic mass is 35.5. The summed E-state index contributed by atoms with van der Waals surface area (Å²) in [7, 11) is 1.37. The van der Waals surface area contributed by atoms with Crippen LogP contribution in [0.5, 0.6) is 0 Å². The third-order valence-corrected chi connectivity index (χ3v) is 4.97. The van der Waals surface area contributed by atoms with Crippen molar-refractivity contribution in [1.29, 1.82) is 0 Å². The molecule has 1 aromatic heterocycles. The summed E-state index contributed by atoms with van der Waals surface area (Å²) in [4.78, 5) is 15.7. The van der Waals surface area contributed by atoms with Crippen molar-refractivity contribution >= 4 is 29.5 Å². The Morgan fingerprint density at radius 1 is 1.29 bits per heavy atom. The van der Waals surface area contributed by atoms with E-state index in [1.807, 2.05) is 64.8 Å². The molecule has 0 spiro atoms. The van der Waals surface area contributed by atoms with Gasteiger partial charge in [0.05, 0.1) is 13.7 Å². The number of methoxy groups -OCH3 is 1. The summed E-state index contributed by atoms with van der Waals surface area (Å²) in [5.41, 5.74) is 2.05. The minimum atomic E-state index is -1.22. The molecule has 0 N–H and O–H groups in total. The molecule has 4 rings (SSSR count). The highest BCUT2D eigenvalue weighted by Gasteiger charge is 2.58.